The molecule has 3 heteroatoms. The van der Waals surface area contributed by atoms with Crippen LogP contribution in [0.3, 0.4) is 0 Å². The Labute approximate surface area is 164 Å². The summed E-state index contributed by atoms with van der Waals surface area (Å²) in [6.45, 7) is 3.48. The molecule has 0 amide bonds. The number of nitrogens with one attached hydrogen (secondary N) is 1. The van der Waals surface area contributed by atoms with Gasteiger partial charge in [-0.25, -0.2) is 0 Å². The number of benzene rings is 2. The van der Waals surface area contributed by atoms with Crippen LogP contribution in [0.15, 0.2) is 42.5 Å². The Balaban J connectivity index is 1.65. The van der Waals surface area contributed by atoms with Crippen molar-refractivity contribution in [1.82, 2.24) is 5.32 Å². The van der Waals surface area contributed by atoms with Gasteiger partial charge in [0.2, 0.25) is 0 Å². The van der Waals surface area contributed by atoms with E-state index in [-0.39, 0.29) is 0 Å². The van der Waals surface area contributed by atoms with Gasteiger partial charge in [-0.3, -0.25) is 0 Å². The molecule has 146 valence electrons. The average Bonchev–Trinajstić information content (AvgIpc) is 2.67. The minimum absolute atomic E-state index is 0.553. The highest BCUT2D eigenvalue weighted by molar-refractivity contribution is 5.46. The molecule has 0 heterocycles. The fourth-order valence-electron chi connectivity index (χ4n) is 3.78. The van der Waals surface area contributed by atoms with Crippen LogP contribution in [-0.2, 0) is 13.2 Å². The van der Waals surface area contributed by atoms with Gasteiger partial charge in [-0.1, -0.05) is 74.1 Å². The fourth-order valence-corrected chi connectivity index (χ4v) is 3.78. The minimum Gasteiger partial charge on any atom is -0.493 e. The van der Waals surface area contributed by atoms with Crippen molar-refractivity contribution in [1.29, 1.82) is 0 Å². The Morgan fingerprint density at radius 2 is 1.63 bits per heavy atom. The van der Waals surface area contributed by atoms with Crippen LogP contribution in [0.25, 0.3) is 0 Å². The lowest BCUT2D eigenvalue weighted by Gasteiger charge is -2.22. The van der Waals surface area contributed by atoms with E-state index in [2.05, 4.69) is 42.6 Å². The molecule has 0 aliphatic heterocycles. The molecule has 0 unspecified atom stereocenters. The van der Waals surface area contributed by atoms with Gasteiger partial charge in [0, 0.05) is 18.2 Å². The maximum absolute atomic E-state index is 6.20. The molecule has 1 aliphatic carbocycles. The van der Waals surface area contributed by atoms with Gasteiger partial charge < -0.3 is 14.8 Å². The van der Waals surface area contributed by atoms with Crippen molar-refractivity contribution < 1.29 is 9.47 Å². The average molecular weight is 368 g/mol. The lowest BCUT2D eigenvalue weighted by atomic mass is 9.96. The highest BCUT2D eigenvalue weighted by Crippen LogP contribution is 2.32. The van der Waals surface area contributed by atoms with Gasteiger partial charge in [0.05, 0.1) is 7.11 Å². The van der Waals surface area contributed by atoms with E-state index in [1.165, 1.54) is 61.6 Å². The van der Waals surface area contributed by atoms with Crippen LogP contribution < -0.4 is 14.8 Å². The molecule has 1 N–H and O–H groups in total. The lowest BCUT2D eigenvalue weighted by Crippen LogP contribution is -2.29. The molecule has 1 fully saturated rings. The first-order valence-electron chi connectivity index (χ1n) is 10.3. The predicted octanol–water partition coefficient (Wildman–Crippen LogP) is 5.79. The van der Waals surface area contributed by atoms with E-state index in [4.69, 9.17) is 9.47 Å². The van der Waals surface area contributed by atoms with Gasteiger partial charge in [0.1, 0.15) is 6.61 Å². The molecule has 0 saturated heterocycles. The van der Waals surface area contributed by atoms with E-state index in [1.54, 1.807) is 7.11 Å². The van der Waals surface area contributed by atoms with Crippen molar-refractivity contribution in [3.63, 3.8) is 0 Å². The van der Waals surface area contributed by atoms with Crippen molar-refractivity contribution in [2.45, 2.75) is 71.1 Å². The molecular weight excluding hydrogens is 334 g/mol. The molecule has 3 rings (SSSR count). The van der Waals surface area contributed by atoms with Crippen LogP contribution in [0.2, 0.25) is 0 Å². The Hall–Kier alpha value is -2.00. The van der Waals surface area contributed by atoms with Crippen molar-refractivity contribution in [2.24, 2.45) is 0 Å². The topological polar surface area (TPSA) is 30.5 Å². The number of para-hydroxylation sites is 1. The van der Waals surface area contributed by atoms with Crippen molar-refractivity contribution in [2.75, 3.05) is 7.11 Å². The SMILES string of the molecule is COc1cccc(CNC2CCCCCCC2)c1OCc1ccc(C)cc1. The van der Waals surface area contributed by atoms with Crippen LogP contribution in [-0.4, -0.2) is 13.2 Å². The Morgan fingerprint density at radius 3 is 2.33 bits per heavy atom. The summed E-state index contributed by atoms with van der Waals surface area (Å²) in [7, 11) is 1.71. The van der Waals surface area contributed by atoms with Crippen molar-refractivity contribution in [3.05, 3.63) is 59.2 Å². The van der Waals surface area contributed by atoms with E-state index in [9.17, 15) is 0 Å². The summed E-state index contributed by atoms with van der Waals surface area (Å²) in [5.74, 6) is 1.66. The van der Waals surface area contributed by atoms with E-state index in [0.29, 0.717) is 12.6 Å². The third-order valence-corrected chi connectivity index (χ3v) is 5.47. The van der Waals surface area contributed by atoms with E-state index in [1.807, 2.05) is 12.1 Å². The third-order valence-electron chi connectivity index (χ3n) is 5.47. The number of hydrogen-bond donors (Lipinski definition) is 1. The van der Waals surface area contributed by atoms with Gasteiger partial charge in [0.15, 0.2) is 11.5 Å². The second kappa shape index (κ2) is 10.4. The van der Waals surface area contributed by atoms with Crippen LogP contribution >= 0.6 is 0 Å². The first kappa shape index (κ1) is 19.8. The van der Waals surface area contributed by atoms with Gasteiger partial charge in [-0.05, 0) is 31.4 Å². The predicted molar refractivity (Wildman–Crippen MR) is 111 cm³/mol. The van der Waals surface area contributed by atoms with Gasteiger partial charge in [0.25, 0.3) is 0 Å². The lowest BCUT2D eigenvalue weighted by molar-refractivity contribution is 0.279. The maximum atomic E-state index is 6.20. The molecule has 0 atom stereocenters. The number of hydrogen-bond acceptors (Lipinski definition) is 3. The second-order valence-corrected chi connectivity index (χ2v) is 7.65. The zero-order chi connectivity index (χ0) is 18.9. The molecule has 0 spiro atoms. The molecule has 1 saturated carbocycles. The smallest absolute Gasteiger partial charge is 0.166 e. The summed E-state index contributed by atoms with van der Waals surface area (Å²) >= 11 is 0. The monoisotopic (exact) mass is 367 g/mol. The normalized spacial score (nSPS) is 15.8. The largest absolute Gasteiger partial charge is 0.493 e. The van der Waals surface area contributed by atoms with Crippen LogP contribution in [0.4, 0.5) is 0 Å². The number of aryl methyl sites for hydroxylation is 1. The Bertz CT molecular complexity index is 688. The number of rotatable bonds is 7. The van der Waals surface area contributed by atoms with Crippen molar-refractivity contribution in [3.8, 4) is 11.5 Å². The van der Waals surface area contributed by atoms with E-state index >= 15 is 0 Å². The molecule has 3 nitrogen and oxygen atoms in total. The fraction of sp³-hybridized carbons (Fsp3) is 0.500. The zero-order valence-electron chi connectivity index (χ0n) is 16.8. The van der Waals surface area contributed by atoms with Crippen LogP contribution in [0.1, 0.15) is 61.6 Å². The highest BCUT2D eigenvalue weighted by Gasteiger charge is 2.14. The van der Waals surface area contributed by atoms with Crippen LogP contribution in [0, 0.1) is 6.92 Å². The zero-order valence-corrected chi connectivity index (χ0v) is 16.8. The van der Waals surface area contributed by atoms with E-state index in [0.717, 1.165) is 18.0 Å². The molecule has 0 bridgehead atoms. The summed E-state index contributed by atoms with van der Waals surface area (Å²) in [5, 5.41) is 3.77. The first-order valence-corrected chi connectivity index (χ1v) is 10.3. The molecule has 0 radical (unpaired) electrons. The molecule has 0 aromatic heterocycles. The van der Waals surface area contributed by atoms with E-state index < -0.39 is 0 Å². The summed E-state index contributed by atoms with van der Waals surface area (Å²) in [5.41, 5.74) is 3.61. The highest BCUT2D eigenvalue weighted by atomic mass is 16.5. The number of methoxy groups -OCH3 is 1. The molecular formula is C24H33NO2. The molecule has 2 aromatic rings. The summed E-state index contributed by atoms with van der Waals surface area (Å²) in [6, 6.07) is 15.3. The Morgan fingerprint density at radius 1 is 0.926 bits per heavy atom. The van der Waals surface area contributed by atoms with Crippen LogP contribution in [0.5, 0.6) is 11.5 Å². The number of ether oxygens (including phenoxy) is 2. The van der Waals surface area contributed by atoms with Gasteiger partial charge in [-0.15, -0.1) is 0 Å². The van der Waals surface area contributed by atoms with Crippen molar-refractivity contribution >= 4 is 0 Å². The third kappa shape index (κ3) is 6.00. The summed E-state index contributed by atoms with van der Waals surface area (Å²) < 4.78 is 11.8. The molecule has 27 heavy (non-hydrogen) atoms. The first-order chi connectivity index (χ1) is 13.3. The molecule has 2 aromatic carbocycles. The molecule has 1 aliphatic rings. The van der Waals surface area contributed by atoms with Gasteiger partial charge in [-0.2, -0.15) is 0 Å². The quantitative estimate of drug-likeness (QED) is 0.672. The standard InChI is InChI=1S/C24H33NO2/c1-19-13-15-20(16-14-19)18-27-24-21(9-8-12-23(24)26-2)17-25-22-10-6-4-3-5-7-11-22/h8-9,12-16,22,25H,3-7,10-11,17-18H2,1-2H3. The van der Waals surface area contributed by atoms with Gasteiger partial charge >= 0.3 is 0 Å². The second-order valence-electron chi connectivity index (χ2n) is 7.65. The minimum atomic E-state index is 0.553. The summed E-state index contributed by atoms with van der Waals surface area (Å²) in [6.07, 6.45) is 9.40. The Kier molecular flexibility index (Phi) is 7.58. The summed E-state index contributed by atoms with van der Waals surface area (Å²) in [4.78, 5) is 0. The maximum Gasteiger partial charge on any atom is 0.166 e.